The van der Waals surface area contributed by atoms with Crippen LogP contribution in [0, 0.1) is 18.3 Å². The average Bonchev–Trinajstić information content (AvgIpc) is 2.32. The number of hydrogen-bond donors (Lipinski definition) is 0. The molecule has 1 amide bonds. The van der Waals surface area contributed by atoms with E-state index >= 15 is 0 Å². The van der Waals surface area contributed by atoms with Crippen molar-refractivity contribution in [2.24, 2.45) is 0 Å². The highest BCUT2D eigenvalue weighted by molar-refractivity contribution is 5.82. The Bertz CT molecular complexity index is 492. The quantitative estimate of drug-likeness (QED) is 0.706. The summed E-state index contributed by atoms with van der Waals surface area (Å²) in [5.74, 6) is 0.678. The van der Waals surface area contributed by atoms with E-state index in [1.54, 1.807) is 24.1 Å². The number of carbonyl (C=O) groups excluding carboxylic acids is 1. The molecule has 5 heteroatoms. The van der Waals surface area contributed by atoms with E-state index in [1.807, 2.05) is 11.8 Å². The number of nitriles is 1. The van der Waals surface area contributed by atoms with Crippen molar-refractivity contribution in [3.8, 4) is 6.07 Å². The number of aromatic nitrogens is 1. The highest BCUT2D eigenvalue weighted by Crippen LogP contribution is 2.19. The molecule has 0 saturated carbocycles. The van der Waals surface area contributed by atoms with Crippen molar-refractivity contribution in [2.45, 2.75) is 6.92 Å². The SMILES string of the molecule is Cc1ccc(C#N)c(N2CCN(C)C(=O)C2)n1. The molecule has 0 N–H and O–H groups in total. The van der Waals surface area contributed by atoms with Gasteiger partial charge in [-0.25, -0.2) is 4.98 Å². The summed E-state index contributed by atoms with van der Waals surface area (Å²) in [7, 11) is 1.79. The van der Waals surface area contributed by atoms with Crippen molar-refractivity contribution >= 4 is 11.7 Å². The molecule has 0 atom stereocenters. The predicted octanol–water partition coefficient (Wildman–Crippen LogP) is 0.540. The Morgan fingerprint density at radius 1 is 1.41 bits per heavy atom. The van der Waals surface area contributed by atoms with Crippen LogP contribution in [0.15, 0.2) is 12.1 Å². The molecule has 88 valence electrons. The number of anilines is 1. The van der Waals surface area contributed by atoms with Crippen LogP contribution in [0.5, 0.6) is 0 Å². The van der Waals surface area contributed by atoms with Gasteiger partial charge in [0.25, 0.3) is 0 Å². The molecule has 0 aliphatic carbocycles. The fourth-order valence-corrected chi connectivity index (χ4v) is 1.81. The molecule has 1 aromatic heterocycles. The van der Waals surface area contributed by atoms with E-state index in [2.05, 4.69) is 11.1 Å². The van der Waals surface area contributed by atoms with E-state index in [1.165, 1.54) is 0 Å². The van der Waals surface area contributed by atoms with Crippen LogP contribution >= 0.6 is 0 Å². The smallest absolute Gasteiger partial charge is 0.241 e. The molecular formula is C12H14N4O. The fourth-order valence-electron chi connectivity index (χ4n) is 1.81. The van der Waals surface area contributed by atoms with Gasteiger partial charge >= 0.3 is 0 Å². The molecule has 1 aliphatic rings. The van der Waals surface area contributed by atoms with E-state index in [0.717, 1.165) is 5.69 Å². The second-order valence-electron chi connectivity index (χ2n) is 4.17. The third-order valence-corrected chi connectivity index (χ3v) is 2.89. The zero-order valence-corrected chi connectivity index (χ0v) is 9.97. The van der Waals surface area contributed by atoms with E-state index in [0.29, 0.717) is 31.0 Å². The first kappa shape index (κ1) is 11.4. The molecule has 2 heterocycles. The van der Waals surface area contributed by atoms with Gasteiger partial charge in [-0.15, -0.1) is 0 Å². The standard InChI is InChI=1S/C12H14N4O/c1-9-3-4-10(7-13)12(14-9)16-6-5-15(2)11(17)8-16/h3-4H,5-6,8H2,1-2H3. The van der Waals surface area contributed by atoms with Crippen molar-refractivity contribution in [3.05, 3.63) is 23.4 Å². The number of piperazine rings is 1. The molecule has 0 aromatic carbocycles. The minimum Gasteiger partial charge on any atom is -0.344 e. The van der Waals surface area contributed by atoms with Gasteiger partial charge in [0.1, 0.15) is 11.9 Å². The summed E-state index contributed by atoms with van der Waals surface area (Å²) in [5, 5.41) is 9.05. The number of pyridine rings is 1. The Kier molecular flexibility index (Phi) is 2.96. The number of amides is 1. The van der Waals surface area contributed by atoms with Gasteiger partial charge < -0.3 is 9.80 Å². The van der Waals surface area contributed by atoms with E-state index in [-0.39, 0.29) is 5.91 Å². The van der Waals surface area contributed by atoms with Gasteiger partial charge in [-0.1, -0.05) is 0 Å². The van der Waals surface area contributed by atoms with Gasteiger partial charge in [-0.2, -0.15) is 5.26 Å². The van der Waals surface area contributed by atoms with E-state index in [9.17, 15) is 4.79 Å². The monoisotopic (exact) mass is 230 g/mol. The van der Waals surface area contributed by atoms with Crippen LogP contribution in [0.1, 0.15) is 11.3 Å². The molecule has 1 fully saturated rings. The fraction of sp³-hybridized carbons (Fsp3) is 0.417. The molecule has 1 aliphatic heterocycles. The zero-order chi connectivity index (χ0) is 12.4. The zero-order valence-electron chi connectivity index (χ0n) is 9.97. The second kappa shape index (κ2) is 4.42. The summed E-state index contributed by atoms with van der Waals surface area (Å²) in [6, 6.07) is 5.67. The number of nitrogens with zero attached hydrogens (tertiary/aromatic N) is 4. The topological polar surface area (TPSA) is 60.2 Å². The molecule has 5 nitrogen and oxygen atoms in total. The van der Waals surface area contributed by atoms with Crippen LogP contribution in [0.2, 0.25) is 0 Å². The normalized spacial score (nSPS) is 15.9. The van der Waals surface area contributed by atoms with Crippen molar-refractivity contribution in [1.82, 2.24) is 9.88 Å². The molecule has 1 saturated heterocycles. The number of rotatable bonds is 1. The van der Waals surface area contributed by atoms with Crippen molar-refractivity contribution in [2.75, 3.05) is 31.6 Å². The average molecular weight is 230 g/mol. The van der Waals surface area contributed by atoms with Gasteiger partial charge in [0.2, 0.25) is 5.91 Å². The predicted molar refractivity (Wildman–Crippen MR) is 63.5 cm³/mol. The van der Waals surface area contributed by atoms with Gasteiger partial charge in [-0.3, -0.25) is 4.79 Å². The van der Waals surface area contributed by atoms with E-state index in [4.69, 9.17) is 5.26 Å². The third-order valence-electron chi connectivity index (χ3n) is 2.89. The molecular weight excluding hydrogens is 216 g/mol. The Hall–Kier alpha value is -2.09. The van der Waals surface area contributed by atoms with E-state index < -0.39 is 0 Å². The molecule has 0 radical (unpaired) electrons. The van der Waals surface area contributed by atoms with Gasteiger partial charge in [0.15, 0.2) is 0 Å². The lowest BCUT2D eigenvalue weighted by Crippen LogP contribution is -2.49. The van der Waals surface area contributed by atoms with Crippen molar-refractivity contribution in [1.29, 1.82) is 5.26 Å². The van der Waals surface area contributed by atoms with Crippen LogP contribution in [0.25, 0.3) is 0 Å². The number of hydrogen-bond acceptors (Lipinski definition) is 4. The number of likely N-dealkylation sites (N-methyl/N-ethyl adjacent to an activating group) is 1. The summed E-state index contributed by atoms with van der Waals surface area (Å²) in [4.78, 5) is 19.6. The molecule has 2 rings (SSSR count). The van der Waals surface area contributed by atoms with Crippen LogP contribution in [-0.4, -0.2) is 42.5 Å². The molecule has 1 aromatic rings. The summed E-state index contributed by atoms with van der Waals surface area (Å²) in [5.41, 5.74) is 1.37. The molecule has 0 bridgehead atoms. The maximum Gasteiger partial charge on any atom is 0.241 e. The van der Waals surface area contributed by atoms with Crippen molar-refractivity contribution < 1.29 is 4.79 Å². The van der Waals surface area contributed by atoms with Crippen molar-refractivity contribution in [3.63, 3.8) is 0 Å². The first-order valence-corrected chi connectivity index (χ1v) is 5.48. The third kappa shape index (κ3) is 2.21. The lowest BCUT2D eigenvalue weighted by molar-refractivity contribution is -0.129. The first-order chi connectivity index (χ1) is 8.11. The summed E-state index contributed by atoms with van der Waals surface area (Å²) >= 11 is 0. The lowest BCUT2D eigenvalue weighted by atomic mass is 10.2. The van der Waals surface area contributed by atoms with Crippen LogP contribution in [-0.2, 0) is 4.79 Å². The number of aryl methyl sites for hydroxylation is 1. The maximum absolute atomic E-state index is 11.6. The Morgan fingerprint density at radius 2 is 2.18 bits per heavy atom. The van der Waals surface area contributed by atoms with Crippen LogP contribution in [0.3, 0.4) is 0 Å². The first-order valence-electron chi connectivity index (χ1n) is 5.48. The Labute approximate surface area is 100 Å². The molecule has 17 heavy (non-hydrogen) atoms. The highest BCUT2D eigenvalue weighted by Gasteiger charge is 2.23. The minimum atomic E-state index is 0.0587. The lowest BCUT2D eigenvalue weighted by Gasteiger charge is -2.33. The maximum atomic E-state index is 11.6. The Balaban J connectivity index is 2.31. The summed E-state index contributed by atoms with van der Waals surface area (Å²) in [6.07, 6.45) is 0. The van der Waals surface area contributed by atoms with Gasteiger partial charge in [-0.05, 0) is 19.1 Å². The highest BCUT2D eigenvalue weighted by atomic mass is 16.2. The summed E-state index contributed by atoms with van der Waals surface area (Å²) < 4.78 is 0. The molecule has 0 unspecified atom stereocenters. The Morgan fingerprint density at radius 3 is 2.82 bits per heavy atom. The van der Waals surface area contributed by atoms with Gasteiger partial charge in [0.05, 0.1) is 12.1 Å². The number of carbonyl (C=O) groups is 1. The minimum absolute atomic E-state index is 0.0587. The summed E-state index contributed by atoms with van der Waals surface area (Å²) in [6.45, 7) is 3.55. The van der Waals surface area contributed by atoms with Crippen LogP contribution < -0.4 is 4.90 Å². The van der Waals surface area contributed by atoms with Crippen LogP contribution in [0.4, 0.5) is 5.82 Å². The second-order valence-corrected chi connectivity index (χ2v) is 4.17. The largest absolute Gasteiger partial charge is 0.344 e. The van der Waals surface area contributed by atoms with Gasteiger partial charge in [0, 0.05) is 25.8 Å². The molecule has 0 spiro atoms.